The van der Waals surface area contributed by atoms with E-state index < -0.39 is 18.6 Å². The van der Waals surface area contributed by atoms with Gasteiger partial charge in [-0.15, -0.1) is 24.0 Å². The Morgan fingerprint density at radius 2 is 1.96 bits per heavy atom. The van der Waals surface area contributed by atoms with Crippen molar-refractivity contribution in [2.24, 2.45) is 4.99 Å². The van der Waals surface area contributed by atoms with Crippen LogP contribution >= 0.6 is 24.0 Å². The van der Waals surface area contributed by atoms with Gasteiger partial charge < -0.3 is 20.2 Å². The quantitative estimate of drug-likeness (QED) is 0.380. The second kappa shape index (κ2) is 10.2. The Morgan fingerprint density at radius 3 is 2.43 bits per heavy atom. The Kier molecular flexibility index (Phi) is 9.82. The van der Waals surface area contributed by atoms with Crippen molar-refractivity contribution in [2.75, 3.05) is 39.8 Å². The predicted molar refractivity (Wildman–Crippen MR) is 91.9 cm³/mol. The Hall–Kier alpha value is -0.780. The van der Waals surface area contributed by atoms with Crippen LogP contribution in [0.2, 0.25) is 0 Å². The maximum atomic E-state index is 12.2. The maximum absolute atomic E-state index is 12.2. The summed E-state index contributed by atoms with van der Waals surface area (Å²) in [6, 6.07) is 0. The lowest BCUT2D eigenvalue weighted by molar-refractivity contribution is -0.157. The van der Waals surface area contributed by atoms with Gasteiger partial charge in [0.15, 0.2) is 5.96 Å². The standard InChI is InChI=1S/C13H23F3N4O2.HI/c1-3-17-12(20-6-4-10(21)5-7-20)18-8-11(22)19(2)9-13(14,15)16;/h10,21H,3-9H2,1-2H3,(H,17,18);1H. The molecule has 0 aromatic rings. The molecule has 6 nitrogen and oxygen atoms in total. The molecule has 1 fully saturated rings. The molecule has 2 N–H and O–H groups in total. The van der Waals surface area contributed by atoms with E-state index in [1.54, 1.807) is 0 Å². The zero-order valence-electron chi connectivity index (χ0n) is 13.3. The van der Waals surface area contributed by atoms with Gasteiger partial charge in [-0.05, 0) is 19.8 Å². The molecule has 1 rings (SSSR count). The van der Waals surface area contributed by atoms with Crippen molar-refractivity contribution in [2.45, 2.75) is 32.0 Å². The first-order valence-corrected chi connectivity index (χ1v) is 7.25. The predicted octanol–water partition coefficient (Wildman–Crippen LogP) is 1.05. The fourth-order valence-electron chi connectivity index (χ4n) is 2.12. The van der Waals surface area contributed by atoms with Crippen LogP contribution in [0.15, 0.2) is 4.99 Å². The number of alkyl halides is 3. The number of nitrogens with one attached hydrogen (secondary N) is 1. The number of carbonyl (C=O) groups excluding carboxylic acids is 1. The van der Waals surface area contributed by atoms with Gasteiger partial charge in [-0.2, -0.15) is 13.2 Å². The molecule has 1 heterocycles. The largest absolute Gasteiger partial charge is 0.406 e. The van der Waals surface area contributed by atoms with Crippen molar-refractivity contribution in [3.8, 4) is 0 Å². The van der Waals surface area contributed by atoms with E-state index in [2.05, 4.69) is 10.3 Å². The first-order chi connectivity index (χ1) is 10.2. The zero-order valence-corrected chi connectivity index (χ0v) is 15.6. The highest BCUT2D eigenvalue weighted by molar-refractivity contribution is 14.0. The highest BCUT2D eigenvalue weighted by Gasteiger charge is 2.31. The van der Waals surface area contributed by atoms with Crippen molar-refractivity contribution in [1.82, 2.24) is 15.1 Å². The number of carbonyl (C=O) groups is 1. The second-order valence-corrected chi connectivity index (χ2v) is 5.25. The van der Waals surface area contributed by atoms with Gasteiger partial charge >= 0.3 is 6.18 Å². The first-order valence-electron chi connectivity index (χ1n) is 7.25. The number of likely N-dealkylation sites (N-methyl/N-ethyl adjacent to an activating group) is 1. The van der Waals surface area contributed by atoms with E-state index in [0.29, 0.717) is 43.3 Å². The van der Waals surface area contributed by atoms with Crippen LogP contribution in [-0.2, 0) is 4.79 Å². The summed E-state index contributed by atoms with van der Waals surface area (Å²) in [5, 5.41) is 12.5. The van der Waals surface area contributed by atoms with Gasteiger partial charge in [0.1, 0.15) is 13.1 Å². The molecular formula is C13H24F3IN4O2. The molecule has 0 aliphatic carbocycles. The number of aliphatic hydroxyl groups is 1. The molecule has 0 unspecified atom stereocenters. The average Bonchev–Trinajstić information content (AvgIpc) is 2.42. The summed E-state index contributed by atoms with van der Waals surface area (Å²) in [4.78, 5) is 18.3. The Labute approximate surface area is 151 Å². The van der Waals surface area contributed by atoms with E-state index in [0.717, 1.165) is 7.05 Å². The first kappa shape index (κ1) is 22.2. The molecule has 136 valence electrons. The third kappa shape index (κ3) is 8.58. The Morgan fingerprint density at radius 1 is 1.39 bits per heavy atom. The van der Waals surface area contributed by atoms with E-state index in [9.17, 15) is 23.1 Å². The van der Waals surface area contributed by atoms with Crippen LogP contribution in [0, 0.1) is 0 Å². The average molecular weight is 452 g/mol. The van der Waals surface area contributed by atoms with E-state index in [4.69, 9.17) is 0 Å². The summed E-state index contributed by atoms with van der Waals surface area (Å²) >= 11 is 0. The van der Waals surface area contributed by atoms with Gasteiger partial charge in [0.25, 0.3) is 0 Å². The highest BCUT2D eigenvalue weighted by atomic mass is 127. The van der Waals surface area contributed by atoms with Gasteiger partial charge in [-0.1, -0.05) is 0 Å². The number of rotatable bonds is 4. The topological polar surface area (TPSA) is 68.2 Å². The lowest BCUT2D eigenvalue weighted by atomic mass is 10.1. The highest BCUT2D eigenvalue weighted by Crippen LogP contribution is 2.15. The molecule has 0 atom stereocenters. The van der Waals surface area contributed by atoms with Gasteiger partial charge in [-0.3, -0.25) is 4.79 Å². The molecule has 0 saturated carbocycles. The number of piperidine rings is 1. The van der Waals surface area contributed by atoms with Crippen LogP contribution in [0.4, 0.5) is 13.2 Å². The minimum absolute atomic E-state index is 0. The molecule has 1 aliphatic heterocycles. The van der Waals surface area contributed by atoms with Gasteiger partial charge in [0.05, 0.1) is 6.10 Å². The molecule has 0 radical (unpaired) electrons. The molecule has 1 aliphatic rings. The summed E-state index contributed by atoms with van der Waals surface area (Å²) in [6.07, 6.45) is -3.54. The van der Waals surface area contributed by atoms with Crippen LogP contribution in [0.1, 0.15) is 19.8 Å². The van der Waals surface area contributed by atoms with Crippen molar-refractivity contribution in [3.05, 3.63) is 0 Å². The third-order valence-corrected chi connectivity index (χ3v) is 3.31. The number of nitrogens with zero attached hydrogens (tertiary/aromatic N) is 3. The summed E-state index contributed by atoms with van der Waals surface area (Å²) in [7, 11) is 1.11. The molecule has 1 amide bonds. The molecule has 1 saturated heterocycles. The summed E-state index contributed by atoms with van der Waals surface area (Å²) in [5.41, 5.74) is 0. The SMILES string of the molecule is CCNC(=NCC(=O)N(C)CC(F)(F)F)N1CCC(O)CC1.I. The van der Waals surface area contributed by atoms with Gasteiger partial charge in [0.2, 0.25) is 5.91 Å². The Balaban J connectivity index is 0.00000484. The van der Waals surface area contributed by atoms with E-state index in [-0.39, 0.29) is 36.6 Å². The number of guanidine groups is 1. The molecule has 0 aromatic heterocycles. The minimum Gasteiger partial charge on any atom is -0.393 e. The van der Waals surface area contributed by atoms with Crippen LogP contribution in [0.3, 0.4) is 0 Å². The fourth-order valence-corrected chi connectivity index (χ4v) is 2.12. The van der Waals surface area contributed by atoms with Gasteiger partial charge in [0, 0.05) is 26.7 Å². The lowest BCUT2D eigenvalue weighted by Crippen LogP contribution is -2.47. The molecule has 0 spiro atoms. The molecule has 0 aromatic carbocycles. The van der Waals surface area contributed by atoms with Crippen LogP contribution in [0.5, 0.6) is 0 Å². The number of aliphatic hydroxyl groups excluding tert-OH is 1. The van der Waals surface area contributed by atoms with Crippen molar-refractivity contribution < 1.29 is 23.1 Å². The smallest absolute Gasteiger partial charge is 0.393 e. The zero-order chi connectivity index (χ0) is 16.8. The van der Waals surface area contributed by atoms with Gasteiger partial charge in [-0.25, -0.2) is 4.99 Å². The number of hydrogen-bond donors (Lipinski definition) is 2. The lowest BCUT2D eigenvalue weighted by Gasteiger charge is -2.32. The number of likely N-dealkylation sites (tertiary alicyclic amines) is 1. The monoisotopic (exact) mass is 452 g/mol. The van der Waals surface area contributed by atoms with Crippen molar-refractivity contribution in [1.29, 1.82) is 0 Å². The van der Waals surface area contributed by atoms with Crippen molar-refractivity contribution >= 4 is 35.8 Å². The van der Waals surface area contributed by atoms with Crippen LogP contribution in [0.25, 0.3) is 0 Å². The van der Waals surface area contributed by atoms with Crippen LogP contribution < -0.4 is 5.32 Å². The number of halogens is 4. The van der Waals surface area contributed by atoms with E-state index >= 15 is 0 Å². The molecular weight excluding hydrogens is 428 g/mol. The number of hydrogen-bond acceptors (Lipinski definition) is 3. The number of aliphatic imine (C=N–C) groups is 1. The summed E-state index contributed by atoms with van der Waals surface area (Å²) < 4.78 is 36.7. The minimum atomic E-state index is -4.42. The van der Waals surface area contributed by atoms with E-state index in [1.807, 2.05) is 11.8 Å². The van der Waals surface area contributed by atoms with Crippen LogP contribution in [-0.4, -0.2) is 78.8 Å². The molecule has 23 heavy (non-hydrogen) atoms. The summed E-state index contributed by atoms with van der Waals surface area (Å²) in [5.74, 6) is -0.201. The second-order valence-electron chi connectivity index (χ2n) is 5.25. The Bertz CT molecular complexity index is 399. The molecule has 10 heteroatoms. The summed E-state index contributed by atoms with van der Waals surface area (Å²) in [6.45, 7) is 2.03. The number of amides is 1. The maximum Gasteiger partial charge on any atom is 0.406 e. The normalized spacial score (nSPS) is 16.8. The van der Waals surface area contributed by atoms with E-state index in [1.165, 1.54) is 0 Å². The fraction of sp³-hybridized carbons (Fsp3) is 0.846. The van der Waals surface area contributed by atoms with Crippen molar-refractivity contribution in [3.63, 3.8) is 0 Å². The molecule has 0 bridgehead atoms. The third-order valence-electron chi connectivity index (χ3n) is 3.31.